The Labute approximate surface area is 142 Å². The number of hydrogen-bond donors (Lipinski definition) is 2. The predicted octanol–water partition coefficient (Wildman–Crippen LogP) is 1.14. The number of benzene rings is 1. The van der Waals surface area contributed by atoms with Crippen molar-refractivity contribution in [3.05, 3.63) is 29.8 Å². The van der Waals surface area contributed by atoms with Gasteiger partial charge >= 0.3 is 15.6 Å². The monoisotopic (exact) mass is 385 g/mol. The highest BCUT2D eigenvalue weighted by Crippen LogP contribution is 2.27. The van der Waals surface area contributed by atoms with Gasteiger partial charge in [-0.2, -0.15) is 21.6 Å². The van der Waals surface area contributed by atoms with Crippen molar-refractivity contribution in [2.24, 2.45) is 0 Å². The standard InChI is InChI=1S/C14H18F3NO6S/c1-10(13(20)18-6-8-23-9-7-19)11-2-4-12(5-3-11)24-25(21,22)14(15,16)17/h2-5,10,19H,6-9H2,1H3,(H,18,20)/t10-/m1/s1. The zero-order valence-corrected chi connectivity index (χ0v) is 14.1. The maximum atomic E-state index is 12.2. The second kappa shape index (κ2) is 9.02. The normalized spacial score (nSPS) is 13.3. The molecular formula is C14H18F3NO6S. The lowest BCUT2D eigenvalue weighted by Crippen LogP contribution is -2.31. The molecule has 0 saturated carbocycles. The number of carbonyl (C=O) groups excluding carboxylic acids is 1. The van der Waals surface area contributed by atoms with E-state index >= 15 is 0 Å². The number of amides is 1. The molecule has 1 aromatic rings. The summed E-state index contributed by atoms with van der Waals surface area (Å²) in [5.74, 6) is -1.47. The maximum Gasteiger partial charge on any atom is 0.534 e. The number of alkyl halides is 3. The lowest BCUT2D eigenvalue weighted by atomic mass is 10.0. The van der Waals surface area contributed by atoms with Crippen molar-refractivity contribution in [1.82, 2.24) is 5.32 Å². The molecule has 0 aliphatic carbocycles. The third kappa shape index (κ3) is 6.52. The first-order valence-corrected chi connectivity index (χ1v) is 8.56. The summed E-state index contributed by atoms with van der Waals surface area (Å²) in [6.07, 6.45) is 0. The molecule has 11 heteroatoms. The van der Waals surface area contributed by atoms with Gasteiger partial charge in [-0.1, -0.05) is 12.1 Å². The van der Waals surface area contributed by atoms with Gasteiger partial charge in [0.05, 0.1) is 25.7 Å². The highest BCUT2D eigenvalue weighted by Gasteiger charge is 2.48. The Morgan fingerprint density at radius 3 is 2.36 bits per heavy atom. The fraction of sp³-hybridized carbons (Fsp3) is 0.500. The van der Waals surface area contributed by atoms with Crippen molar-refractivity contribution >= 4 is 16.0 Å². The van der Waals surface area contributed by atoms with Gasteiger partial charge < -0.3 is 19.3 Å². The van der Waals surface area contributed by atoms with Crippen molar-refractivity contribution < 1.29 is 40.4 Å². The fourth-order valence-corrected chi connectivity index (χ4v) is 2.16. The average Bonchev–Trinajstić information content (AvgIpc) is 2.53. The number of nitrogens with one attached hydrogen (secondary N) is 1. The van der Waals surface area contributed by atoms with Crippen LogP contribution in [0, 0.1) is 0 Å². The van der Waals surface area contributed by atoms with Gasteiger partial charge in [0.1, 0.15) is 5.75 Å². The Hall–Kier alpha value is -1.85. The van der Waals surface area contributed by atoms with E-state index in [1.807, 2.05) is 0 Å². The molecular weight excluding hydrogens is 367 g/mol. The third-order valence-corrected chi connectivity index (χ3v) is 4.02. The summed E-state index contributed by atoms with van der Waals surface area (Å²) < 4.78 is 67.5. The largest absolute Gasteiger partial charge is 0.534 e. The summed E-state index contributed by atoms with van der Waals surface area (Å²) in [5, 5.41) is 11.1. The van der Waals surface area contributed by atoms with Crippen LogP contribution in [0.4, 0.5) is 13.2 Å². The van der Waals surface area contributed by atoms with E-state index in [0.29, 0.717) is 5.56 Å². The molecule has 1 aromatic carbocycles. The van der Waals surface area contributed by atoms with Gasteiger partial charge in [0.25, 0.3) is 0 Å². The van der Waals surface area contributed by atoms with Gasteiger partial charge in [-0.05, 0) is 24.6 Å². The molecule has 0 heterocycles. The molecule has 2 N–H and O–H groups in total. The Morgan fingerprint density at radius 1 is 1.24 bits per heavy atom. The van der Waals surface area contributed by atoms with Gasteiger partial charge in [-0.3, -0.25) is 4.79 Å². The Bertz CT molecular complexity index is 660. The fourth-order valence-electron chi connectivity index (χ4n) is 1.70. The zero-order valence-electron chi connectivity index (χ0n) is 13.2. The lowest BCUT2D eigenvalue weighted by Gasteiger charge is -2.14. The average molecular weight is 385 g/mol. The van der Waals surface area contributed by atoms with Crippen molar-refractivity contribution in [2.75, 3.05) is 26.4 Å². The molecule has 1 rings (SSSR count). The molecule has 0 radical (unpaired) electrons. The first-order valence-electron chi connectivity index (χ1n) is 7.15. The highest BCUT2D eigenvalue weighted by molar-refractivity contribution is 7.88. The summed E-state index contributed by atoms with van der Waals surface area (Å²) in [7, 11) is -5.73. The van der Waals surface area contributed by atoms with E-state index in [1.54, 1.807) is 6.92 Å². The molecule has 0 bridgehead atoms. The van der Waals surface area contributed by atoms with Crippen molar-refractivity contribution in [1.29, 1.82) is 0 Å². The van der Waals surface area contributed by atoms with Crippen molar-refractivity contribution in [3.8, 4) is 5.75 Å². The minimum absolute atomic E-state index is 0.122. The number of carbonyl (C=O) groups is 1. The molecule has 0 aliphatic rings. The van der Waals surface area contributed by atoms with E-state index in [-0.39, 0.29) is 32.3 Å². The minimum Gasteiger partial charge on any atom is -0.394 e. The molecule has 1 atom stereocenters. The molecule has 0 aliphatic heterocycles. The van der Waals surface area contributed by atoms with Crippen molar-refractivity contribution in [3.63, 3.8) is 0 Å². The van der Waals surface area contributed by atoms with E-state index in [4.69, 9.17) is 9.84 Å². The van der Waals surface area contributed by atoms with E-state index in [9.17, 15) is 26.4 Å². The number of hydrogen-bond acceptors (Lipinski definition) is 6. The van der Waals surface area contributed by atoms with E-state index in [2.05, 4.69) is 9.50 Å². The minimum atomic E-state index is -5.73. The molecule has 1 amide bonds. The maximum absolute atomic E-state index is 12.2. The zero-order chi connectivity index (χ0) is 19.1. The Balaban J connectivity index is 2.62. The Morgan fingerprint density at radius 2 is 1.84 bits per heavy atom. The number of aliphatic hydroxyl groups is 1. The SMILES string of the molecule is C[C@@H](C(=O)NCCOCCO)c1ccc(OS(=O)(=O)C(F)(F)F)cc1. The summed E-state index contributed by atoms with van der Waals surface area (Å²) in [4.78, 5) is 11.9. The number of rotatable bonds is 9. The molecule has 0 spiro atoms. The second-order valence-electron chi connectivity index (χ2n) is 4.90. The van der Waals surface area contributed by atoms with Crippen LogP contribution in [-0.4, -0.2) is 51.3 Å². The van der Waals surface area contributed by atoms with Crippen LogP contribution >= 0.6 is 0 Å². The molecule has 142 valence electrons. The molecule has 0 saturated heterocycles. The molecule has 0 fully saturated rings. The second-order valence-corrected chi connectivity index (χ2v) is 6.44. The summed E-state index contributed by atoms with van der Waals surface area (Å²) >= 11 is 0. The first-order chi connectivity index (χ1) is 11.6. The van der Waals surface area contributed by atoms with Gasteiger partial charge in [-0.25, -0.2) is 0 Å². The van der Waals surface area contributed by atoms with Crippen molar-refractivity contribution in [2.45, 2.75) is 18.3 Å². The van der Waals surface area contributed by atoms with E-state index in [0.717, 1.165) is 12.1 Å². The smallest absolute Gasteiger partial charge is 0.394 e. The van der Waals surface area contributed by atoms with E-state index in [1.165, 1.54) is 12.1 Å². The van der Waals surface area contributed by atoms with Crippen LogP contribution in [0.1, 0.15) is 18.4 Å². The quantitative estimate of drug-likeness (QED) is 0.376. The lowest BCUT2D eigenvalue weighted by molar-refractivity contribution is -0.122. The van der Waals surface area contributed by atoms with Crippen LogP contribution in [0.25, 0.3) is 0 Å². The van der Waals surface area contributed by atoms with Gasteiger partial charge in [0, 0.05) is 6.54 Å². The number of halogens is 3. The summed E-state index contributed by atoms with van der Waals surface area (Å²) in [5.41, 5.74) is -5.05. The number of aliphatic hydroxyl groups excluding tert-OH is 1. The van der Waals surface area contributed by atoms with Crippen LogP contribution in [-0.2, 0) is 19.6 Å². The van der Waals surface area contributed by atoms with Crippen LogP contribution in [0.5, 0.6) is 5.75 Å². The third-order valence-electron chi connectivity index (χ3n) is 3.04. The summed E-state index contributed by atoms with van der Waals surface area (Å²) in [6.45, 7) is 2.07. The van der Waals surface area contributed by atoms with Gasteiger partial charge in [-0.15, -0.1) is 0 Å². The van der Waals surface area contributed by atoms with Gasteiger partial charge in [0.15, 0.2) is 0 Å². The highest BCUT2D eigenvalue weighted by atomic mass is 32.2. The molecule has 0 unspecified atom stereocenters. The van der Waals surface area contributed by atoms with Crippen LogP contribution in [0.3, 0.4) is 0 Å². The van der Waals surface area contributed by atoms with Crippen LogP contribution in [0.15, 0.2) is 24.3 Å². The topological polar surface area (TPSA) is 102 Å². The molecule has 25 heavy (non-hydrogen) atoms. The van der Waals surface area contributed by atoms with Crippen LogP contribution in [0.2, 0.25) is 0 Å². The first kappa shape index (κ1) is 21.2. The predicted molar refractivity (Wildman–Crippen MR) is 81.4 cm³/mol. The van der Waals surface area contributed by atoms with Gasteiger partial charge in [0.2, 0.25) is 5.91 Å². The summed E-state index contributed by atoms with van der Waals surface area (Å²) in [6, 6.07) is 4.67. The van der Waals surface area contributed by atoms with Crippen LogP contribution < -0.4 is 9.50 Å². The molecule has 7 nitrogen and oxygen atoms in total. The molecule has 0 aromatic heterocycles. The Kier molecular flexibility index (Phi) is 7.64. The van der Waals surface area contributed by atoms with E-state index < -0.39 is 27.3 Å². The number of ether oxygens (including phenoxy) is 1.